The summed E-state index contributed by atoms with van der Waals surface area (Å²) >= 11 is 6.09. The van der Waals surface area contributed by atoms with Crippen LogP contribution in [-0.2, 0) is 13.1 Å². The molecular formula is C22H20ClFN4O2. The first-order valence-electron chi connectivity index (χ1n) is 9.56. The Labute approximate surface area is 176 Å². The van der Waals surface area contributed by atoms with Crippen LogP contribution in [0.15, 0.2) is 64.4 Å². The van der Waals surface area contributed by atoms with Crippen LogP contribution in [0.3, 0.4) is 0 Å². The van der Waals surface area contributed by atoms with Gasteiger partial charge < -0.3 is 4.57 Å². The first kappa shape index (κ1) is 20.1. The Morgan fingerprint density at radius 1 is 1.10 bits per heavy atom. The number of rotatable bonds is 5. The normalized spacial score (nSPS) is 11.5. The lowest BCUT2D eigenvalue weighted by molar-refractivity contribution is 0.488. The fourth-order valence-electron chi connectivity index (χ4n) is 3.51. The van der Waals surface area contributed by atoms with Crippen molar-refractivity contribution in [2.45, 2.75) is 26.9 Å². The molecule has 2 aromatic heterocycles. The summed E-state index contributed by atoms with van der Waals surface area (Å²) < 4.78 is 18.0. The highest BCUT2D eigenvalue weighted by Crippen LogP contribution is 2.17. The molecule has 0 aliphatic carbocycles. The van der Waals surface area contributed by atoms with E-state index in [9.17, 15) is 14.0 Å². The monoisotopic (exact) mass is 426 g/mol. The molecule has 0 unspecified atom stereocenters. The molecule has 0 amide bonds. The molecule has 4 rings (SSSR count). The topological polar surface area (TPSA) is 61.8 Å². The van der Waals surface area contributed by atoms with E-state index >= 15 is 0 Å². The molecule has 8 heteroatoms. The minimum Gasteiger partial charge on any atom is -0.320 e. The molecule has 0 aliphatic rings. The van der Waals surface area contributed by atoms with Gasteiger partial charge in [0.05, 0.1) is 12.0 Å². The van der Waals surface area contributed by atoms with E-state index in [1.807, 2.05) is 32.0 Å². The van der Waals surface area contributed by atoms with Gasteiger partial charge in [0, 0.05) is 18.1 Å². The third-order valence-corrected chi connectivity index (χ3v) is 4.99. The third kappa shape index (κ3) is 3.68. The van der Waals surface area contributed by atoms with Crippen molar-refractivity contribution >= 4 is 22.8 Å². The van der Waals surface area contributed by atoms with Crippen LogP contribution in [0.5, 0.6) is 0 Å². The van der Waals surface area contributed by atoms with E-state index in [0.717, 1.165) is 5.56 Å². The summed E-state index contributed by atoms with van der Waals surface area (Å²) in [6.07, 6.45) is 1.52. The van der Waals surface area contributed by atoms with E-state index < -0.39 is 17.1 Å². The van der Waals surface area contributed by atoms with Crippen molar-refractivity contribution in [2.75, 3.05) is 0 Å². The highest BCUT2D eigenvalue weighted by atomic mass is 35.5. The third-order valence-electron chi connectivity index (χ3n) is 4.76. The largest absolute Gasteiger partial charge is 0.337 e. The number of benzene rings is 2. The second-order valence-electron chi connectivity index (χ2n) is 7.58. The van der Waals surface area contributed by atoms with Crippen molar-refractivity contribution in [1.82, 2.24) is 18.7 Å². The molecule has 0 saturated heterocycles. The van der Waals surface area contributed by atoms with E-state index in [0.29, 0.717) is 17.3 Å². The number of halogens is 2. The van der Waals surface area contributed by atoms with Crippen molar-refractivity contribution in [3.05, 3.63) is 92.1 Å². The summed E-state index contributed by atoms with van der Waals surface area (Å²) in [4.78, 5) is 30.8. The van der Waals surface area contributed by atoms with Gasteiger partial charge in [0.25, 0.3) is 5.56 Å². The van der Waals surface area contributed by atoms with Crippen molar-refractivity contribution in [3.8, 4) is 5.69 Å². The highest BCUT2D eigenvalue weighted by Gasteiger charge is 2.20. The number of nitrogens with zero attached hydrogens (tertiary/aromatic N) is 4. The van der Waals surface area contributed by atoms with Gasteiger partial charge >= 0.3 is 5.69 Å². The Morgan fingerprint density at radius 2 is 1.87 bits per heavy atom. The molecule has 154 valence electrons. The van der Waals surface area contributed by atoms with Crippen LogP contribution in [-0.4, -0.2) is 18.7 Å². The van der Waals surface area contributed by atoms with E-state index in [4.69, 9.17) is 11.6 Å². The first-order valence-corrected chi connectivity index (χ1v) is 9.94. The second-order valence-corrected chi connectivity index (χ2v) is 8.02. The van der Waals surface area contributed by atoms with Gasteiger partial charge in [-0.3, -0.25) is 9.36 Å². The molecule has 2 aromatic carbocycles. The fraction of sp³-hybridized carbons (Fsp3) is 0.227. The molecule has 0 N–H and O–H groups in total. The summed E-state index contributed by atoms with van der Waals surface area (Å²) in [6, 6.07) is 13.0. The zero-order valence-electron chi connectivity index (χ0n) is 16.5. The molecule has 4 aromatic rings. The molecule has 2 heterocycles. The lowest BCUT2D eigenvalue weighted by atomic mass is 10.2. The molecule has 0 fully saturated rings. The van der Waals surface area contributed by atoms with E-state index in [1.165, 1.54) is 33.7 Å². The predicted octanol–water partition coefficient (Wildman–Crippen LogP) is 3.85. The molecule has 0 spiro atoms. The summed E-state index contributed by atoms with van der Waals surface area (Å²) in [5.74, 6) is -0.411. The lowest BCUT2D eigenvalue weighted by Crippen LogP contribution is -2.41. The molecular weight excluding hydrogens is 407 g/mol. The fourth-order valence-corrected chi connectivity index (χ4v) is 3.72. The molecule has 0 atom stereocenters. The Morgan fingerprint density at radius 3 is 2.57 bits per heavy atom. The molecule has 0 radical (unpaired) electrons. The van der Waals surface area contributed by atoms with Crippen molar-refractivity contribution < 1.29 is 4.39 Å². The number of imidazole rings is 1. The lowest BCUT2D eigenvalue weighted by Gasteiger charge is -2.14. The van der Waals surface area contributed by atoms with Gasteiger partial charge in [0.2, 0.25) is 0 Å². The second kappa shape index (κ2) is 7.91. The standard InChI is InChI=1S/C22H20ClFN4O2/c1-14(2)11-27-21(29)19-20(28(22(27)30)18-8-4-7-17(24)10-18)25-13-26(19)12-15-5-3-6-16(23)9-15/h3-10,13-14H,11-12H2,1-2H3. The average Bonchev–Trinajstić information content (AvgIpc) is 3.08. The number of hydrogen-bond donors (Lipinski definition) is 0. The smallest absolute Gasteiger partial charge is 0.320 e. The molecule has 6 nitrogen and oxygen atoms in total. The van der Waals surface area contributed by atoms with Crippen LogP contribution >= 0.6 is 11.6 Å². The molecule has 0 saturated carbocycles. The molecule has 0 bridgehead atoms. The van der Waals surface area contributed by atoms with Crippen molar-refractivity contribution in [2.24, 2.45) is 5.92 Å². The maximum absolute atomic E-state index is 13.9. The Balaban J connectivity index is 2.00. The zero-order valence-corrected chi connectivity index (χ0v) is 17.3. The van der Waals surface area contributed by atoms with Gasteiger partial charge in [0.1, 0.15) is 5.82 Å². The van der Waals surface area contributed by atoms with Gasteiger partial charge in [0.15, 0.2) is 11.2 Å². The molecule has 30 heavy (non-hydrogen) atoms. The van der Waals surface area contributed by atoms with Crippen LogP contribution in [0.4, 0.5) is 4.39 Å². The predicted molar refractivity (Wildman–Crippen MR) is 115 cm³/mol. The maximum Gasteiger partial charge on any atom is 0.337 e. The maximum atomic E-state index is 13.9. The number of hydrogen-bond acceptors (Lipinski definition) is 3. The summed E-state index contributed by atoms with van der Waals surface area (Å²) in [7, 11) is 0. The van der Waals surface area contributed by atoms with Crippen LogP contribution in [0.1, 0.15) is 19.4 Å². The quantitative estimate of drug-likeness (QED) is 0.487. The minimum absolute atomic E-state index is 0.0677. The van der Waals surface area contributed by atoms with Crippen molar-refractivity contribution in [3.63, 3.8) is 0 Å². The summed E-state index contributed by atoms with van der Waals surface area (Å²) in [6.45, 7) is 4.44. The first-order chi connectivity index (χ1) is 14.3. The Hall–Kier alpha value is -3.19. The van der Waals surface area contributed by atoms with Crippen molar-refractivity contribution in [1.29, 1.82) is 0 Å². The van der Waals surface area contributed by atoms with Gasteiger partial charge in [-0.2, -0.15) is 0 Å². The number of fused-ring (bicyclic) bond motifs is 1. The minimum atomic E-state index is -0.542. The average molecular weight is 427 g/mol. The van der Waals surface area contributed by atoms with Crippen LogP contribution in [0.25, 0.3) is 16.9 Å². The van der Waals surface area contributed by atoms with Gasteiger partial charge in [-0.15, -0.1) is 0 Å². The Kier molecular flexibility index (Phi) is 5.30. The summed E-state index contributed by atoms with van der Waals surface area (Å²) in [5, 5.41) is 0.589. The van der Waals surface area contributed by atoms with Gasteiger partial charge in [-0.1, -0.05) is 43.6 Å². The number of aromatic nitrogens is 4. The highest BCUT2D eigenvalue weighted by molar-refractivity contribution is 6.30. The van der Waals surface area contributed by atoms with E-state index in [-0.39, 0.29) is 23.6 Å². The van der Waals surface area contributed by atoms with E-state index in [2.05, 4.69) is 4.98 Å². The zero-order chi connectivity index (χ0) is 21.4. The Bertz CT molecular complexity index is 1350. The van der Waals surface area contributed by atoms with Crippen LogP contribution in [0.2, 0.25) is 5.02 Å². The van der Waals surface area contributed by atoms with Crippen LogP contribution in [0, 0.1) is 11.7 Å². The SMILES string of the molecule is CC(C)Cn1c(=O)c2c(ncn2Cc2cccc(Cl)c2)n(-c2cccc(F)c2)c1=O. The van der Waals surface area contributed by atoms with Gasteiger partial charge in [-0.05, 0) is 41.8 Å². The van der Waals surface area contributed by atoms with E-state index in [1.54, 1.807) is 16.7 Å². The summed E-state index contributed by atoms with van der Waals surface area (Å²) in [5.41, 5.74) is 0.712. The molecule has 0 aliphatic heterocycles. The van der Waals surface area contributed by atoms with Crippen LogP contribution < -0.4 is 11.2 Å². The van der Waals surface area contributed by atoms with Gasteiger partial charge in [-0.25, -0.2) is 18.7 Å².